The van der Waals surface area contributed by atoms with Crippen LogP contribution in [0.15, 0.2) is 18.2 Å². The molecule has 0 aromatic heterocycles. The Kier molecular flexibility index (Phi) is 4.86. The lowest BCUT2D eigenvalue weighted by atomic mass is 10.1. The molecule has 0 saturated heterocycles. The van der Waals surface area contributed by atoms with E-state index in [1.807, 2.05) is 19.9 Å². The molecular weight excluding hydrogens is 214 g/mol. The number of ether oxygens (including phenoxy) is 1. The topological polar surface area (TPSA) is 41.5 Å². The van der Waals surface area contributed by atoms with Crippen LogP contribution in [-0.2, 0) is 0 Å². The first-order chi connectivity index (χ1) is 8.08. The highest BCUT2D eigenvalue weighted by atomic mass is 16.5. The number of rotatable bonds is 5. The van der Waals surface area contributed by atoms with Gasteiger partial charge in [0.15, 0.2) is 0 Å². The van der Waals surface area contributed by atoms with Gasteiger partial charge in [0.1, 0.15) is 11.5 Å². The molecule has 3 nitrogen and oxygen atoms in total. The van der Waals surface area contributed by atoms with Crippen LogP contribution in [-0.4, -0.2) is 18.3 Å². The molecule has 0 heterocycles. The Morgan fingerprint density at radius 3 is 2.76 bits per heavy atom. The van der Waals surface area contributed by atoms with Crippen LogP contribution in [0.5, 0.6) is 11.5 Å². The van der Waals surface area contributed by atoms with Gasteiger partial charge >= 0.3 is 0 Å². The average Bonchev–Trinajstić information content (AvgIpc) is 2.29. The smallest absolute Gasteiger partial charge is 0.120 e. The molecule has 2 unspecified atom stereocenters. The van der Waals surface area contributed by atoms with Crippen molar-refractivity contribution in [1.29, 1.82) is 0 Å². The first-order valence-electron chi connectivity index (χ1n) is 5.65. The summed E-state index contributed by atoms with van der Waals surface area (Å²) in [4.78, 5) is 0. The SMILES string of the molecule is C#CCC(C)NC(C)c1cc(OC)ccc1O. The second kappa shape index (κ2) is 6.17. The van der Waals surface area contributed by atoms with Crippen molar-refractivity contribution < 1.29 is 9.84 Å². The molecule has 1 aromatic rings. The standard InChI is InChI=1S/C14H19NO2/c1-5-6-10(2)15-11(3)13-9-12(17-4)7-8-14(13)16/h1,7-11,15-16H,6H2,2-4H3. The monoisotopic (exact) mass is 233 g/mol. The van der Waals surface area contributed by atoms with Gasteiger partial charge in [-0.25, -0.2) is 0 Å². The van der Waals surface area contributed by atoms with Crippen molar-refractivity contribution in [3.63, 3.8) is 0 Å². The first kappa shape index (κ1) is 13.4. The second-order valence-electron chi connectivity index (χ2n) is 4.12. The summed E-state index contributed by atoms with van der Waals surface area (Å²) in [6, 6.07) is 5.43. The third-order valence-electron chi connectivity index (χ3n) is 2.66. The third-order valence-corrected chi connectivity index (χ3v) is 2.66. The summed E-state index contributed by atoms with van der Waals surface area (Å²) in [5, 5.41) is 13.1. The maximum Gasteiger partial charge on any atom is 0.120 e. The molecule has 1 rings (SSSR count). The van der Waals surface area contributed by atoms with Crippen molar-refractivity contribution in [2.45, 2.75) is 32.4 Å². The highest BCUT2D eigenvalue weighted by molar-refractivity contribution is 5.41. The molecule has 0 aliphatic carbocycles. The minimum Gasteiger partial charge on any atom is -0.508 e. The zero-order chi connectivity index (χ0) is 12.8. The van der Waals surface area contributed by atoms with Crippen LogP contribution in [0.25, 0.3) is 0 Å². The van der Waals surface area contributed by atoms with Crippen molar-refractivity contribution in [2.75, 3.05) is 7.11 Å². The molecule has 0 aliphatic heterocycles. The van der Waals surface area contributed by atoms with E-state index in [2.05, 4.69) is 11.2 Å². The molecular formula is C14H19NO2. The van der Waals surface area contributed by atoms with E-state index in [1.165, 1.54) is 0 Å². The number of nitrogens with one attached hydrogen (secondary N) is 1. The van der Waals surface area contributed by atoms with E-state index in [0.717, 1.165) is 11.3 Å². The Balaban J connectivity index is 2.81. The van der Waals surface area contributed by atoms with Gasteiger partial charge in [0.05, 0.1) is 7.11 Å². The van der Waals surface area contributed by atoms with E-state index in [-0.39, 0.29) is 17.8 Å². The van der Waals surface area contributed by atoms with E-state index in [0.29, 0.717) is 6.42 Å². The molecule has 2 atom stereocenters. The summed E-state index contributed by atoms with van der Waals surface area (Å²) in [5.74, 6) is 3.61. The average molecular weight is 233 g/mol. The van der Waals surface area contributed by atoms with Crippen LogP contribution in [0.1, 0.15) is 31.9 Å². The van der Waals surface area contributed by atoms with Crippen LogP contribution in [0.2, 0.25) is 0 Å². The maximum atomic E-state index is 9.81. The van der Waals surface area contributed by atoms with Gasteiger partial charge in [-0.3, -0.25) is 0 Å². The van der Waals surface area contributed by atoms with Crippen molar-refractivity contribution in [3.8, 4) is 23.8 Å². The number of hydrogen-bond acceptors (Lipinski definition) is 3. The summed E-state index contributed by atoms with van der Waals surface area (Å²) >= 11 is 0. The third kappa shape index (κ3) is 3.69. The van der Waals surface area contributed by atoms with Gasteiger partial charge in [0.2, 0.25) is 0 Å². The Morgan fingerprint density at radius 1 is 1.47 bits per heavy atom. The Hall–Kier alpha value is -1.66. The Bertz CT molecular complexity index is 409. The fraction of sp³-hybridized carbons (Fsp3) is 0.429. The first-order valence-corrected chi connectivity index (χ1v) is 5.65. The van der Waals surface area contributed by atoms with Crippen LogP contribution in [0.4, 0.5) is 0 Å². The lowest BCUT2D eigenvalue weighted by molar-refractivity contribution is 0.404. The normalized spacial score (nSPS) is 13.8. The molecule has 0 saturated carbocycles. The van der Waals surface area contributed by atoms with E-state index in [4.69, 9.17) is 11.2 Å². The van der Waals surface area contributed by atoms with E-state index < -0.39 is 0 Å². The second-order valence-corrected chi connectivity index (χ2v) is 4.12. The number of hydrogen-bond donors (Lipinski definition) is 2. The molecule has 0 fully saturated rings. The van der Waals surface area contributed by atoms with Gasteiger partial charge < -0.3 is 15.2 Å². The van der Waals surface area contributed by atoms with Gasteiger partial charge in [-0.15, -0.1) is 12.3 Å². The zero-order valence-electron chi connectivity index (χ0n) is 10.5. The number of methoxy groups -OCH3 is 1. The summed E-state index contributed by atoms with van der Waals surface area (Å²) in [6.07, 6.45) is 5.92. The predicted molar refractivity (Wildman–Crippen MR) is 69.1 cm³/mol. The molecule has 92 valence electrons. The van der Waals surface area contributed by atoms with Gasteiger partial charge in [0, 0.05) is 24.1 Å². The fourth-order valence-corrected chi connectivity index (χ4v) is 1.76. The van der Waals surface area contributed by atoms with Gasteiger partial charge in [-0.2, -0.15) is 0 Å². The number of aromatic hydroxyl groups is 1. The highest BCUT2D eigenvalue weighted by Gasteiger charge is 2.13. The molecule has 0 bridgehead atoms. The molecule has 0 radical (unpaired) electrons. The molecule has 0 spiro atoms. The minimum absolute atomic E-state index is 0.0217. The lowest BCUT2D eigenvalue weighted by Gasteiger charge is -2.20. The quantitative estimate of drug-likeness (QED) is 0.768. The highest BCUT2D eigenvalue weighted by Crippen LogP contribution is 2.28. The predicted octanol–water partition coefficient (Wildman–Crippen LogP) is 2.46. The van der Waals surface area contributed by atoms with E-state index in [1.54, 1.807) is 19.2 Å². The van der Waals surface area contributed by atoms with E-state index in [9.17, 15) is 5.11 Å². The van der Waals surface area contributed by atoms with Crippen LogP contribution in [0, 0.1) is 12.3 Å². The molecule has 3 heteroatoms. The number of phenols is 1. The molecule has 2 N–H and O–H groups in total. The summed E-state index contributed by atoms with van der Waals surface area (Å²) in [6.45, 7) is 4.01. The van der Waals surface area contributed by atoms with Crippen molar-refractivity contribution in [2.24, 2.45) is 0 Å². The molecule has 17 heavy (non-hydrogen) atoms. The van der Waals surface area contributed by atoms with Crippen LogP contribution >= 0.6 is 0 Å². The number of terminal acetylenes is 1. The van der Waals surface area contributed by atoms with Crippen molar-refractivity contribution in [1.82, 2.24) is 5.32 Å². The molecule has 1 aromatic carbocycles. The summed E-state index contributed by atoms with van der Waals surface area (Å²) < 4.78 is 5.14. The van der Waals surface area contributed by atoms with Crippen LogP contribution < -0.4 is 10.1 Å². The number of phenolic OH excluding ortho intramolecular Hbond substituents is 1. The summed E-state index contributed by atoms with van der Waals surface area (Å²) in [7, 11) is 1.61. The molecule has 0 aliphatic rings. The zero-order valence-corrected chi connectivity index (χ0v) is 10.5. The van der Waals surface area contributed by atoms with Gasteiger partial charge in [-0.1, -0.05) is 0 Å². The Morgan fingerprint density at radius 2 is 2.18 bits per heavy atom. The van der Waals surface area contributed by atoms with Gasteiger partial charge in [0.25, 0.3) is 0 Å². The maximum absolute atomic E-state index is 9.81. The fourth-order valence-electron chi connectivity index (χ4n) is 1.76. The van der Waals surface area contributed by atoms with Crippen LogP contribution in [0.3, 0.4) is 0 Å². The number of benzene rings is 1. The van der Waals surface area contributed by atoms with E-state index >= 15 is 0 Å². The van der Waals surface area contributed by atoms with Crippen molar-refractivity contribution >= 4 is 0 Å². The van der Waals surface area contributed by atoms with Gasteiger partial charge in [-0.05, 0) is 32.0 Å². The Labute approximate surface area is 103 Å². The summed E-state index contributed by atoms with van der Waals surface area (Å²) in [5.41, 5.74) is 0.813. The largest absolute Gasteiger partial charge is 0.508 e. The molecule has 0 amide bonds. The van der Waals surface area contributed by atoms with Crippen molar-refractivity contribution in [3.05, 3.63) is 23.8 Å². The lowest BCUT2D eigenvalue weighted by Crippen LogP contribution is -2.28. The minimum atomic E-state index is 0.0217.